The van der Waals surface area contributed by atoms with Crippen molar-refractivity contribution in [3.8, 4) is 66.8 Å². The highest BCUT2D eigenvalue weighted by Crippen LogP contribution is 2.66. The van der Waals surface area contributed by atoms with Gasteiger partial charge in [-0.05, 0) is 145 Å². The predicted molar refractivity (Wildman–Crippen MR) is 272 cm³/mol. The zero-order valence-corrected chi connectivity index (χ0v) is 37.1. The van der Waals surface area contributed by atoms with Crippen molar-refractivity contribution in [2.24, 2.45) is 11.8 Å². The number of hydrogen-bond donors (Lipinski definition) is 0. The normalized spacial score (nSPS) is 19.2. The summed E-state index contributed by atoms with van der Waals surface area (Å²) in [6.45, 7) is 4.81. The van der Waals surface area contributed by atoms with E-state index < -0.39 is 0 Å². The predicted octanol–water partition coefficient (Wildman–Crippen LogP) is 17.2. The van der Waals surface area contributed by atoms with E-state index in [1.165, 1.54) is 121 Å². The van der Waals surface area contributed by atoms with Gasteiger partial charge in [0.2, 0.25) is 0 Å². The molecule has 312 valence electrons. The molecule has 1 spiro atoms. The molecule has 3 unspecified atom stereocenters. The molecule has 0 N–H and O–H groups in total. The van der Waals surface area contributed by atoms with Crippen molar-refractivity contribution < 1.29 is 0 Å². The Labute approximate surface area is 383 Å². The molecule has 0 saturated heterocycles. The molecule has 2 bridgehead atoms. The molecule has 0 aliphatic heterocycles. The summed E-state index contributed by atoms with van der Waals surface area (Å²) < 4.78 is 0. The summed E-state index contributed by atoms with van der Waals surface area (Å²) in [5.41, 5.74) is 24.8. The number of para-hydroxylation sites is 1. The Kier molecular flexibility index (Phi) is 8.63. The molecule has 2 saturated carbocycles. The summed E-state index contributed by atoms with van der Waals surface area (Å²) in [6.07, 6.45) is 5.31. The minimum absolute atomic E-state index is 0.0823. The maximum Gasteiger partial charge on any atom is 0.0540 e. The van der Waals surface area contributed by atoms with Gasteiger partial charge in [0, 0.05) is 27.8 Å². The topological polar surface area (TPSA) is 3.24 Å². The van der Waals surface area contributed by atoms with Crippen molar-refractivity contribution in [1.29, 1.82) is 0 Å². The summed E-state index contributed by atoms with van der Waals surface area (Å²) in [5, 5.41) is 0. The molecular formula is C64H51N. The van der Waals surface area contributed by atoms with Crippen LogP contribution in [0.3, 0.4) is 0 Å². The minimum Gasteiger partial charge on any atom is -0.310 e. The number of nitrogens with zero attached hydrogens (tertiary/aromatic N) is 1. The molecule has 65 heavy (non-hydrogen) atoms. The van der Waals surface area contributed by atoms with Gasteiger partial charge in [0.25, 0.3) is 0 Å². The lowest BCUT2D eigenvalue weighted by Crippen LogP contribution is -2.32. The number of fused-ring (bicyclic) bond motifs is 11. The monoisotopic (exact) mass is 833 g/mol. The van der Waals surface area contributed by atoms with Crippen LogP contribution in [-0.4, -0.2) is 0 Å². The molecule has 1 heteroatoms. The highest BCUT2D eigenvalue weighted by Gasteiger charge is 2.56. The van der Waals surface area contributed by atoms with Crippen LogP contribution in [-0.2, 0) is 10.8 Å². The molecule has 0 aromatic heterocycles. The first-order valence-electron chi connectivity index (χ1n) is 23.7. The van der Waals surface area contributed by atoms with Crippen molar-refractivity contribution in [2.75, 3.05) is 4.90 Å². The molecule has 9 aromatic rings. The lowest BCUT2D eigenvalue weighted by molar-refractivity contribution is 0.327. The van der Waals surface area contributed by atoms with Gasteiger partial charge in [-0.15, -0.1) is 0 Å². The fraction of sp³-hybridized carbons (Fsp3) is 0.156. The molecule has 3 atom stereocenters. The van der Waals surface area contributed by atoms with Gasteiger partial charge in [-0.3, -0.25) is 0 Å². The van der Waals surface area contributed by atoms with Crippen molar-refractivity contribution >= 4 is 17.1 Å². The standard InChI is InChI=1S/C64H51N/c1-63(2)58-24-11-8-20-53(58)56-22-14-23-57(62(56)63)55-21-10-13-26-61(55)65(49-37-38-54-52-19-9-12-25-59(52)64(60(54)40-49)41-42-27-34-47(64)39-42)48-35-32-46(33-36-48)51-18-7-6-17-50(51)45-30-28-44(29-31-45)43-15-4-3-5-16-43/h3-26,28-33,35-38,40,42,47H,27,34,39,41H2,1-2H3. The fourth-order valence-electron chi connectivity index (χ4n) is 13.2. The van der Waals surface area contributed by atoms with Crippen LogP contribution in [0.1, 0.15) is 61.8 Å². The summed E-state index contributed by atoms with van der Waals surface area (Å²) in [6, 6.07) is 79.8. The van der Waals surface area contributed by atoms with Crippen LogP contribution in [0.15, 0.2) is 212 Å². The van der Waals surface area contributed by atoms with Crippen molar-refractivity contribution in [3.05, 3.63) is 235 Å². The third kappa shape index (κ3) is 5.77. The largest absolute Gasteiger partial charge is 0.310 e. The van der Waals surface area contributed by atoms with E-state index in [0.29, 0.717) is 5.92 Å². The second-order valence-corrected chi connectivity index (χ2v) is 19.6. The van der Waals surface area contributed by atoms with Gasteiger partial charge in [-0.25, -0.2) is 0 Å². The lowest BCUT2D eigenvalue weighted by Gasteiger charge is -2.37. The van der Waals surface area contributed by atoms with E-state index in [4.69, 9.17) is 0 Å². The number of rotatable bonds is 7. The van der Waals surface area contributed by atoms with Crippen LogP contribution >= 0.6 is 0 Å². The quantitative estimate of drug-likeness (QED) is 0.155. The Morgan fingerprint density at radius 1 is 0.385 bits per heavy atom. The Morgan fingerprint density at radius 3 is 1.57 bits per heavy atom. The van der Waals surface area contributed by atoms with Gasteiger partial charge in [0.15, 0.2) is 0 Å². The van der Waals surface area contributed by atoms with E-state index in [1.54, 1.807) is 5.56 Å². The highest BCUT2D eigenvalue weighted by molar-refractivity contribution is 5.96. The van der Waals surface area contributed by atoms with Gasteiger partial charge in [0.05, 0.1) is 5.69 Å². The Balaban J connectivity index is 0.968. The second-order valence-electron chi connectivity index (χ2n) is 19.6. The zero-order valence-electron chi connectivity index (χ0n) is 37.1. The Hall–Kier alpha value is -7.22. The molecule has 4 aliphatic carbocycles. The molecule has 0 heterocycles. The first-order valence-corrected chi connectivity index (χ1v) is 23.7. The van der Waals surface area contributed by atoms with E-state index in [9.17, 15) is 0 Å². The first kappa shape index (κ1) is 38.3. The first-order chi connectivity index (χ1) is 32.0. The maximum absolute atomic E-state index is 2.60. The van der Waals surface area contributed by atoms with Crippen LogP contribution in [0.25, 0.3) is 66.8 Å². The van der Waals surface area contributed by atoms with Gasteiger partial charge < -0.3 is 4.90 Å². The zero-order chi connectivity index (χ0) is 43.3. The highest BCUT2D eigenvalue weighted by atomic mass is 15.1. The molecular weight excluding hydrogens is 783 g/mol. The number of benzene rings is 9. The molecule has 4 aliphatic rings. The van der Waals surface area contributed by atoms with E-state index in [0.717, 1.165) is 11.6 Å². The second kappa shape index (κ2) is 14.7. The van der Waals surface area contributed by atoms with Crippen LogP contribution in [0.4, 0.5) is 17.1 Å². The minimum atomic E-state index is -0.148. The van der Waals surface area contributed by atoms with E-state index >= 15 is 0 Å². The maximum atomic E-state index is 2.60. The van der Waals surface area contributed by atoms with Crippen LogP contribution in [0, 0.1) is 11.8 Å². The summed E-state index contributed by atoms with van der Waals surface area (Å²) in [7, 11) is 0. The molecule has 0 radical (unpaired) electrons. The Morgan fingerprint density at radius 2 is 0.892 bits per heavy atom. The summed E-state index contributed by atoms with van der Waals surface area (Å²) in [5.74, 6) is 1.50. The van der Waals surface area contributed by atoms with Gasteiger partial charge in [-0.2, -0.15) is 0 Å². The molecule has 1 nitrogen and oxygen atoms in total. The van der Waals surface area contributed by atoms with Crippen molar-refractivity contribution in [3.63, 3.8) is 0 Å². The Bertz CT molecular complexity index is 3300. The van der Waals surface area contributed by atoms with E-state index in [2.05, 4.69) is 231 Å². The van der Waals surface area contributed by atoms with Gasteiger partial charge in [0.1, 0.15) is 0 Å². The van der Waals surface area contributed by atoms with Gasteiger partial charge in [-0.1, -0.05) is 202 Å². The van der Waals surface area contributed by atoms with Crippen LogP contribution < -0.4 is 4.90 Å². The average Bonchev–Trinajstić information content (AvgIpc) is 4.12. The molecule has 0 amide bonds. The van der Waals surface area contributed by atoms with Gasteiger partial charge >= 0.3 is 0 Å². The molecule has 13 rings (SSSR count). The number of anilines is 3. The van der Waals surface area contributed by atoms with Crippen LogP contribution in [0.5, 0.6) is 0 Å². The average molecular weight is 834 g/mol. The molecule has 9 aromatic carbocycles. The lowest BCUT2D eigenvalue weighted by atomic mass is 9.67. The SMILES string of the molecule is CC1(C)c2ccccc2-c2cccc(-c3ccccc3N(c3ccc(-c4ccccc4-c4ccc(-c5ccccc5)cc4)cc3)c3ccc4c(c3)C3(CC5CCC3C5)c3ccccc3-4)c21. The molecule has 2 fully saturated rings. The van der Waals surface area contributed by atoms with Crippen molar-refractivity contribution in [1.82, 2.24) is 0 Å². The van der Waals surface area contributed by atoms with E-state index in [-0.39, 0.29) is 10.8 Å². The van der Waals surface area contributed by atoms with Crippen LogP contribution in [0.2, 0.25) is 0 Å². The fourth-order valence-corrected chi connectivity index (χ4v) is 13.2. The third-order valence-electron chi connectivity index (χ3n) is 16.0. The smallest absolute Gasteiger partial charge is 0.0540 e. The third-order valence-corrected chi connectivity index (χ3v) is 16.0. The van der Waals surface area contributed by atoms with Crippen molar-refractivity contribution in [2.45, 2.75) is 50.4 Å². The summed E-state index contributed by atoms with van der Waals surface area (Å²) in [4.78, 5) is 2.56. The van der Waals surface area contributed by atoms with E-state index in [1.807, 2.05) is 0 Å². The summed E-state index contributed by atoms with van der Waals surface area (Å²) >= 11 is 0. The number of hydrogen-bond acceptors (Lipinski definition) is 1.